The van der Waals surface area contributed by atoms with E-state index >= 15 is 0 Å². The van der Waals surface area contributed by atoms with Gasteiger partial charge in [-0.3, -0.25) is 4.79 Å². The van der Waals surface area contributed by atoms with Crippen LogP contribution in [0.3, 0.4) is 0 Å². The molecule has 0 radical (unpaired) electrons. The Hall–Kier alpha value is -2.59. The predicted molar refractivity (Wildman–Crippen MR) is 90.9 cm³/mol. The molecule has 0 fully saturated rings. The molecule has 3 heterocycles. The number of benzene rings is 1. The van der Waals surface area contributed by atoms with Gasteiger partial charge in [0.2, 0.25) is 5.16 Å². The number of fused-ring (bicyclic) bond motifs is 1. The van der Waals surface area contributed by atoms with Gasteiger partial charge in [0.1, 0.15) is 5.52 Å². The molecule has 0 aliphatic carbocycles. The molecule has 3 aromatic heterocycles. The van der Waals surface area contributed by atoms with Gasteiger partial charge in [-0.2, -0.15) is 4.68 Å². The van der Waals surface area contributed by atoms with Gasteiger partial charge < -0.3 is 0 Å². The third-order valence-electron chi connectivity index (χ3n) is 3.33. The third kappa shape index (κ3) is 2.93. The van der Waals surface area contributed by atoms with Crippen LogP contribution < -0.4 is 5.56 Å². The Balaban J connectivity index is 1.55. The molecule has 1 aromatic carbocycles. The molecule has 0 spiro atoms. The second kappa shape index (κ2) is 6.49. The summed E-state index contributed by atoms with van der Waals surface area (Å²) in [5.74, 6) is 0.293. The Morgan fingerprint density at radius 2 is 1.96 bits per heavy atom. The highest BCUT2D eigenvalue weighted by Gasteiger charge is 2.10. The number of thiophene rings is 1. The van der Waals surface area contributed by atoms with Crippen molar-refractivity contribution in [3.05, 3.63) is 57.0 Å². The molecule has 0 atom stereocenters. The second-order valence-corrected chi connectivity index (χ2v) is 6.83. The SMILES string of the molecule is O=c1c2ccccc2nnn1CSc1nnnn1Cc1cccs1. The zero-order valence-corrected chi connectivity index (χ0v) is 13.9. The Kier molecular flexibility index (Phi) is 4.05. The van der Waals surface area contributed by atoms with Crippen LogP contribution >= 0.6 is 23.1 Å². The number of aromatic nitrogens is 7. The Bertz CT molecular complexity index is 1020. The largest absolute Gasteiger partial charge is 0.278 e. The highest BCUT2D eigenvalue weighted by atomic mass is 32.2. The summed E-state index contributed by atoms with van der Waals surface area (Å²) in [5, 5.41) is 22.9. The monoisotopic (exact) mass is 357 g/mol. The fourth-order valence-electron chi connectivity index (χ4n) is 2.18. The first-order valence-corrected chi connectivity index (χ1v) is 8.92. The van der Waals surface area contributed by atoms with Gasteiger partial charge in [0.05, 0.1) is 17.8 Å². The van der Waals surface area contributed by atoms with Crippen molar-refractivity contribution < 1.29 is 0 Å². The zero-order chi connectivity index (χ0) is 16.4. The topological polar surface area (TPSA) is 91.4 Å². The predicted octanol–water partition coefficient (Wildman–Crippen LogP) is 1.64. The fraction of sp³-hybridized carbons (Fsp3) is 0.143. The standard InChI is InChI=1S/C14H11N7OS2/c22-13-11-5-1-2-6-12(11)15-18-21(13)9-24-14-16-17-19-20(14)8-10-4-3-7-23-10/h1-7H,8-9H2. The van der Waals surface area contributed by atoms with Gasteiger partial charge in [0, 0.05) is 4.88 Å². The molecule has 0 aliphatic rings. The van der Waals surface area contributed by atoms with Gasteiger partial charge in [-0.15, -0.1) is 21.5 Å². The lowest BCUT2D eigenvalue weighted by molar-refractivity contribution is 0.602. The average molecular weight is 357 g/mol. The Labute approximate surface area is 144 Å². The lowest BCUT2D eigenvalue weighted by atomic mass is 10.2. The Morgan fingerprint density at radius 1 is 1.04 bits per heavy atom. The van der Waals surface area contributed by atoms with Crippen LogP contribution in [0.1, 0.15) is 4.88 Å². The van der Waals surface area contributed by atoms with Crippen LogP contribution in [0.5, 0.6) is 0 Å². The highest BCUT2D eigenvalue weighted by Crippen LogP contribution is 2.18. The molecule has 10 heteroatoms. The van der Waals surface area contributed by atoms with E-state index in [2.05, 4.69) is 25.8 Å². The maximum Gasteiger partial charge on any atom is 0.278 e. The maximum atomic E-state index is 12.4. The van der Waals surface area contributed by atoms with Crippen LogP contribution in [-0.4, -0.2) is 35.2 Å². The van der Waals surface area contributed by atoms with Gasteiger partial charge in [-0.25, -0.2) is 4.68 Å². The molecular formula is C14H11N7OS2. The summed E-state index contributed by atoms with van der Waals surface area (Å²) >= 11 is 2.99. The zero-order valence-electron chi connectivity index (χ0n) is 12.3. The van der Waals surface area contributed by atoms with E-state index in [-0.39, 0.29) is 5.56 Å². The summed E-state index contributed by atoms with van der Waals surface area (Å²) in [7, 11) is 0. The van der Waals surface area contributed by atoms with E-state index < -0.39 is 0 Å². The van der Waals surface area contributed by atoms with Gasteiger partial charge in [-0.05, 0) is 34.0 Å². The number of nitrogens with zero attached hydrogens (tertiary/aromatic N) is 7. The molecule has 0 amide bonds. The molecular weight excluding hydrogens is 346 g/mol. The molecule has 4 aromatic rings. The van der Waals surface area contributed by atoms with Crippen molar-refractivity contribution in [1.29, 1.82) is 0 Å². The van der Waals surface area contributed by atoms with E-state index in [1.54, 1.807) is 28.2 Å². The summed E-state index contributed by atoms with van der Waals surface area (Å²) in [6.07, 6.45) is 0. The van der Waals surface area contributed by atoms with Gasteiger partial charge in [0.15, 0.2) is 0 Å². The molecule has 0 saturated heterocycles. The quantitative estimate of drug-likeness (QED) is 0.501. The Morgan fingerprint density at radius 3 is 2.83 bits per heavy atom. The van der Waals surface area contributed by atoms with E-state index in [1.807, 2.05) is 29.6 Å². The maximum absolute atomic E-state index is 12.4. The van der Waals surface area contributed by atoms with Gasteiger partial charge >= 0.3 is 0 Å². The van der Waals surface area contributed by atoms with Crippen LogP contribution in [0, 0.1) is 0 Å². The first kappa shape index (κ1) is 15.0. The number of hydrogen-bond acceptors (Lipinski definition) is 8. The van der Waals surface area contributed by atoms with Gasteiger partial charge in [0.25, 0.3) is 5.56 Å². The minimum Gasteiger partial charge on any atom is -0.267 e. The van der Waals surface area contributed by atoms with Crippen molar-refractivity contribution in [3.63, 3.8) is 0 Å². The summed E-state index contributed by atoms with van der Waals surface area (Å²) in [5.41, 5.74) is 0.414. The van der Waals surface area contributed by atoms with E-state index in [4.69, 9.17) is 0 Å². The lowest BCUT2D eigenvalue weighted by Crippen LogP contribution is -2.23. The molecule has 0 N–H and O–H groups in total. The molecule has 4 rings (SSSR count). The second-order valence-electron chi connectivity index (χ2n) is 4.88. The lowest BCUT2D eigenvalue weighted by Gasteiger charge is -2.05. The van der Waals surface area contributed by atoms with Crippen molar-refractivity contribution in [2.75, 3.05) is 0 Å². The summed E-state index contributed by atoms with van der Waals surface area (Å²) in [6.45, 7) is 0.602. The van der Waals surface area contributed by atoms with Crippen LogP contribution in [0.4, 0.5) is 0 Å². The van der Waals surface area contributed by atoms with E-state index in [0.29, 0.717) is 28.5 Å². The van der Waals surface area contributed by atoms with Crippen LogP contribution in [0.15, 0.2) is 51.7 Å². The van der Waals surface area contributed by atoms with Crippen LogP contribution in [0.25, 0.3) is 10.9 Å². The molecule has 24 heavy (non-hydrogen) atoms. The molecule has 0 bridgehead atoms. The number of thioether (sulfide) groups is 1. The van der Waals surface area contributed by atoms with Crippen molar-refractivity contribution in [2.24, 2.45) is 0 Å². The van der Waals surface area contributed by atoms with Gasteiger partial charge in [-0.1, -0.05) is 35.2 Å². The van der Waals surface area contributed by atoms with Crippen molar-refractivity contribution >= 4 is 34.0 Å². The summed E-state index contributed by atoms with van der Waals surface area (Å²) in [6, 6.07) is 11.2. The third-order valence-corrected chi connectivity index (χ3v) is 5.12. The van der Waals surface area contributed by atoms with Crippen LogP contribution in [0.2, 0.25) is 0 Å². The van der Waals surface area contributed by atoms with Crippen molar-refractivity contribution in [1.82, 2.24) is 35.2 Å². The summed E-state index contributed by atoms with van der Waals surface area (Å²) < 4.78 is 3.02. The number of hydrogen-bond donors (Lipinski definition) is 0. The van der Waals surface area contributed by atoms with Crippen molar-refractivity contribution in [2.45, 2.75) is 17.6 Å². The smallest absolute Gasteiger partial charge is 0.267 e. The number of rotatable bonds is 5. The van der Waals surface area contributed by atoms with Crippen molar-refractivity contribution in [3.8, 4) is 0 Å². The minimum atomic E-state index is -0.176. The first-order chi connectivity index (χ1) is 11.8. The molecule has 120 valence electrons. The fourth-order valence-corrected chi connectivity index (χ4v) is 3.61. The molecule has 8 nitrogen and oxygen atoms in total. The minimum absolute atomic E-state index is 0.176. The molecule has 0 saturated carbocycles. The number of tetrazole rings is 1. The highest BCUT2D eigenvalue weighted by molar-refractivity contribution is 7.98. The molecule has 0 unspecified atom stereocenters. The van der Waals surface area contributed by atoms with Crippen LogP contribution in [-0.2, 0) is 12.4 Å². The first-order valence-electron chi connectivity index (χ1n) is 7.05. The average Bonchev–Trinajstić information content (AvgIpc) is 3.27. The van der Waals surface area contributed by atoms with E-state index in [0.717, 1.165) is 4.88 Å². The van der Waals surface area contributed by atoms with E-state index in [9.17, 15) is 4.79 Å². The molecule has 0 aliphatic heterocycles. The summed E-state index contributed by atoms with van der Waals surface area (Å²) in [4.78, 5) is 13.6. The normalized spacial score (nSPS) is 11.2. The van der Waals surface area contributed by atoms with E-state index in [1.165, 1.54) is 16.4 Å².